The first-order valence-electron chi connectivity index (χ1n) is 9.41. The summed E-state index contributed by atoms with van der Waals surface area (Å²) in [5, 5.41) is -0.880. The van der Waals surface area contributed by atoms with Crippen molar-refractivity contribution >= 4 is 43.6 Å². The SMILES string of the molecule is CCOC(=O)[C@@H]1C[C@H](S(=O)(=O)c2ccc(F)cc2Cl)C[C@H]1C(=O)[S+]1C=CCC(F)(F)N1. The van der Waals surface area contributed by atoms with E-state index in [-0.39, 0.29) is 29.4 Å². The van der Waals surface area contributed by atoms with E-state index in [4.69, 9.17) is 16.3 Å². The molecule has 1 N–H and O–H groups in total. The molecule has 2 aliphatic rings. The van der Waals surface area contributed by atoms with Gasteiger partial charge in [0.1, 0.15) is 11.2 Å². The van der Waals surface area contributed by atoms with E-state index in [1.54, 1.807) is 6.92 Å². The van der Waals surface area contributed by atoms with E-state index >= 15 is 0 Å². The summed E-state index contributed by atoms with van der Waals surface area (Å²) in [6, 6.07) is -0.456. The molecule has 6 nitrogen and oxygen atoms in total. The molecule has 4 atom stereocenters. The van der Waals surface area contributed by atoms with Crippen LogP contribution in [-0.4, -0.2) is 37.4 Å². The van der Waals surface area contributed by atoms with Crippen molar-refractivity contribution in [1.29, 1.82) is 0 Å². The highest BCUT2D eigenvalue weighted by Gasteiger charge is 2.55. The zero-order valence-corrected chi connectivity index (χ0v) is 18.7. The number of hydrogen-bond donors (Lipinski definition) is 1. The van der Waals surface area contributed by atoms with Crippen LogP contribution in [0.5, 0.6) is 0 Å². The molecule has 1 aliphatic heterocycles. The minimum Gasteiger partial charge on any atom is -0.466 e. The molecule has 0 spiro atoms. The number of sulfone groups is 1. The van der Waals surface area contributed by atoms with E-state index < -0.39 is 67.4 Å². The third-order valence-corrected chi connectivity index (χ3v) is 9.51. The second-order valence-electron chi connectivity index (χ2n) is 7.22. The molecular formula is C19H20ClF3NO5S2+. The maximum atomic E-state index is 13.7. The van der Waals surface area contributed by atoms with Gasteiger partial charge < -0.3 is 4.74 Å². The van der Waals surface area contributed by atoms with Crippen LogP contribution in [0, 0.1) is 17.7 Å². The predicted octanol–water partition coefficient (Wildman–Crippen LogP) is 3.37. The largest absolute Gasteiger partial charge is 0.466 e. The molecule has 31 heavy (non-hydrogen) atoms. The molecule has 1 aromatic carbocycles. The summed E-state index contributed by atoms with van der Waals surface area (Å²) in [6.07, 6.45) is 0.111. The lowest BCUT2D eigenvalue weighted by Crippen LogP contribution is -2.47. The number of ether oxygens (including phenoxy) is 1. The van der Waals surface area contributed by atoms with Crippen molar-refractivity contribution in [2.75, 3.05) is 6.61 Å². The lowest BCUT2D eigenvalue weighted by molar-refractivity contribution is -0.150. The maximum absolute atomic E-state index is 13.7. The molecule has 1 fully saturated rings. The highest BCUT2D eigenvalue weighted by atomic mass is 35.5. The van der Waals surface area contributed by atoms with E-state index in [9.17, 15) is 31.2 Å². The monoisotopic (exact) mass is 498 g/mol. The third kappa shape index (κ3) is 5.10. The Morgan fingerprint density at radius 2 is 1.97 bits per heavy atom. The Labute approximate surface area is 185 Å². The van der Waals surface area contributed by atoms with Gasteiger partial charge in [-0.1, -0.05) is 16.3 Å². The zero-order chi connectivity index (χ0) is 23.0. The summed E-state index contributed by atoms with van der Waals surface area (Å²) in [4.78, 5) is 25.2. The van der Waals surface area contributed by atoms with Gasteiger partial charge in [-0.2, -0.15) is 8.78 Å². The average molecular weight is 499 g/mol. The Balaban J connectivity index is 1.92. The molecule has 0 amide bonds. The van der Waals surface area contributed by atoms with Gasteiger partial charge in [0, 0.05) is 0 Å². The molecule has 1 unspecified atom stereocenters. The number of carbonyl (C=O) groups excluding carboxylic acids is 2. The Hall–Kier alpha value is -1.56. The molecule has 0 bridgehead atoms. The van der Waals surface area contributed by atoms with Crippen LogP contribution >= 0.6 is 11.6 Å². The first-order valence-corrected chi connectivity index (χ1v) is 12.6. The van der Waals surface area contributed by atoms with Gasteiger partial charge in [-0.3, -0.25) is 4.79 Å². The quantitative estimate of drug-likeness (QED) is 0.290. The van der Waals surface area contributed by atoms with Crippen molar-refractivity contribution in [1.82, 2.24) is 4.72 Å². The number of alkyl halides is 2. The summed E-state index contributed by atoms with van der Waals surface area (Å²) in [5.74, 6) is -3.72. The maximum Gasteiger partial charge on any atom is 0.360 e. The van der Waals surface area contributed by atoms with Crippen molar-refractivity contribution in [2.45, 2.75) is 42.4 Å². The van der Waals surface area contributed by atoms with Crippen molar-refractivity contribution < 1.29 is 35.9 Å². The number of rotatable bonds is 5. The van der Waals surface area contributed by atoms with Crippen molar-refractivity contribution in [3.8, 4) is 0 Å². The van der Waals surface area contributed by atoms with Gasteiger partial charge in [0.25, 0.3) is 0 Å². The van der Waals surface area contributed by atoms with Crippen LogP contribution in [0.3, 0.4) is 0 Å². The minimum absolute atomic E-state index is 0.0133. The Bertz CT molecular complexity index is 1020. The van der Waals surface area contributed by atoms with Crippen LogP contribution in [-0.2, 0) is 35.2 Å². The van der Waals surface area contributed by atoms with E-state index in [0.29, 0.717) is 0 Å². The van der Waals surface area contributed by atoms with Gasteiger partial charge in [-0.15, -0.1) is 0 Å². The molecule has 1 saturated carbocycles. The highest BCUT2D eigenvalue weighted by Crippen LogP contribution is 2.42. The van der Waals surface area contributed by atoms with E-state index in [2.05, 4.69) is 0 Å². The average Bonchev–Trinajstić information content (AvgIpc) is 3.13. The summed E-state index contributed by atoms with van der Waals surface area (Å²) >= 11 is 4.23. The first kappa shape index (κ1) is 24.1. The van der Waals surface area contributed by atoms with Crippen LogP contribution < -0.4 is 4.72 Å². The Kier molecular flexibility index (Phi) is 7.09. The fourth-order valence-electron chi connectivity index (χ4n) is 3.71. The number of hydrogen-bond acceptors (Lipinski definition) is 6. The van der Waals surface area contributed by atoms with Gasteiger partial charge >= 0.3 is 17.1 Å². The molecule has 0 saturated heterocycles. The number of carbonyl (C=O) groups is 2. The molecule has 3 rings (SSSR count). The molecule has 1 aromatic rings. The number of esters is 1. The van der Waals surface area contributed by atoms with Gasteiger partial charge in [0.15, 0.2) is 20.9 Å². The summed E-state index contributed by atoms with van der Waals surface area (Å²) in [6.45, 7) is 1.57. The normalized spacial score (nSPS) is 27.8. The van der Waals surface area contributed by atoms with Crippen molar-refractivity contribution in [3.63, 3.8) is 0 Å². The number of halogens is 4. The van der Waals surface area contributed by atoms with Crippen LogP contribution in [0.25, 0.3) is 0 Å². The fourth-order valence-corrected chi connectivity index (χ4v) is 7.65. The molecule has 170 valence electrons. The molecule has 1 heterocycles. The number of nitrogens with one attached hydrogen (secondary N) is 1. The second-order valence-corrected chi connectivity index (χ2v) is 11.4. The summed E-state index contributed by atoms with van der Waals surface area (Å²) in [5.41, 5.74) is 0. The van der Waals surface area contributed by atoms with Crippen molar-refractivity contribution in [3.05, 3.63) is 40.5 Å². The molecule has 1 aliphatic carbocycles. The van der Waals surface area contributed by atoms with Crippen molar-refractivity contribution in [2.24, 2.45) is 11.8 Å². The van der Waals surface area contributed by atoms with Gasteiger partial charge in [0.2, 0.25) is 0 Å². The smallest absolute Gasteiger partial charge is 0.360 e. The highest BCUT2D eigenvalue weighted by molar-refractivity contribution is 8.11. The summed E-state index contributed by atoms with van der Waals surface area (Å²) < 4.78 is 73.9. The predicted molar refractivity (Wildman–Crippen MR) is 109 cm³/mol. The van der Waals surface area contributed by atoms with Crippen LogP contribution in [0.4, 0.5) is 13.2 Å². The third-order valence-electron chi connectivity index (χ3n) is 5.13. The molecular weight excluding hydrogens is 479 g/mol. The van der Waals surface area contributed by atoms with E-state index in [1.165, 1.54) is 11.5 Å². The standard InChI is InChI=1S/C19H20ClF3NO5S2/c1-2-29-17(25)13-9-12(31(27,28)16-5-4-11(21)8-15(16)20)10-14(13)18(26)30-7-3-6-19(22,23)24-30/h3-5,7-8,12-14,24H,2,6,9-10H2,1H3/q+1/t12-,13+,14+,30?/m0/s1. The van der Waals surface area contributed by atoms with Gasteiger partial charge in [0.05, 0.1) is 40.0 Å². The second kappa shape index (κ2) is 9.13. The molecule has 12 heteroatoms. The van der Waals surface area contributed by atoms with Gasteiger partial charge in [-0.25, -0.2) is 17.6 Å². The Morgan fingerprint density at radius 3 is 2.58 bits per heavy atom. The lowest BCUT2D eigenvalue weighted by Gasteiger charge is -2.20. The van der Waals surface area contributed by atoms with Crippen LogP contribution in [0.15, 0.2) is 34.6 Å². The Morgan fingerprint density at radius 1 is 1.29 bits per heavy atom. The lowest BCUT2D eigenvalue weighted by atomic mass is 9.98. The number of benzene rings is 1. The molecule has 0 radical (unpaired) electrons. The summed E-state index contributed by atoms with van der Waals surface area (Å²) in [7, 11) is -4.13. The van der Waals surface area contributed by atoms with Crippen LogP contribution in [0.2, 0.25) is 5.02 Å². The first-order chi connectivity index (χ1) is 14.5. The molecule has 0 aromatic heterocycles. The van der Waals surface area contributed by atoms with Gasteiger partial charge in [-0.05, 0) is 44.0 Å². The zero-order valence-electron chi connectivity index (χ0n) is 16.3. The minimum atomic E-state index is -4.13. The van der Waals surface area contributed by atoms with E-state index in [0.717, 1.165) is 18.2 Å². The fraction of sp³-hybridized carbons (Fsp3) is 0.474. The topological polar surface area (TPSA) is 89.5 Å². The van der Waals surface area contributed by atoms with Crippen LogP contribution in [0.1, 0.15) is 26.2 Å². The van der Waals surface area contributed by atoms with E-state index in [1.807, 2.05) is 4.72 Å².